The predicted molar refractivity (Wildman–Crippen MR) is 85.9 cm³/mol. The molecule has 1 aliphatic rings. The van der Waals surface area contributed by atoms with Crippen LogP contribution in [0.3, 0.4) is 0 Å². The number of hydrogen-bond acceptors (Lipinski definition) is 4. The molecule has 0 saturated heterocycles. The summed E-state index contributed by atoms with van der Waals surface area (Å²) in [5, 5.41) is 13.2. The van der Waals surface area contributed by atoms with Crippen LogP contribution >= 0.6 is 0 Å². The van der Waals surface area contributed by atoms with Gasteiger partial charge in [0.25, 0.3) is 5.91 Å². The Labute approximate surface area is 139 Å². The van der Waals surface area contributed by atoms with Crippen molar-refractivity contribution < 1.29 is 9.59 Å². The number of aromatic nitrogens is 2. The third-order valence-electron chi connectivity index (χ3n) is 4.05. The van der Waals surface area contributed by atoms with Crippen molar-refractivity contribution in [2.24, 2.45) is 0 Å². The lowest BCUT2D eigenvalue weighted by Gasteiger charge is -2.34. The molecule has 0 bridgehead atoms. The Hall–Kier alpha value is -3.14. The van der Waals surface area contributed by atoms with Crippen LogP contribution in [0.4, 0.5) is 0 Å². The van der Waals surface area contributed by atoms with E-state index in [2.05, 4.69) is 5.10 Å². The number of amides is 2. The van der Waals surface area contributed by atoms with Gasteiger partial charge in [0.1, 0.15) is 6.04 Å². The summed E-state index contributed by atoms with van der Waals surface area (Å²) in [7, 11) is 3.37. The monoisotopic (exact) mass is 323 g/mol. The van der Waals surface area contributed by atoms with Crippen LogP contribution in [-0.2, 0) is 11.3 Å². The van der Waals surface area contributed by atoms with Crippen LogP contribution in [0.25, 0.3) is 0 Å². The molecule has 0 saturated carbocycles. The van der Waals surface area contributed by atoms with Gasteiger partial charge in [0.05, 0.1) is 30.4 Å². The number of nitrogens with zero attached hydrogens (tertiary/aromatic N) is 5. The van der Waals surface area contributed by atoms with E-state index in [1.165, 1.54) is 4.90 Å². The highest BCUT2D eigenvalue weighted by atomic mass is 16.2. The highest BCUT2D eigenvalue weighted by molar-refractivity contribution is 5.95. The number of hydrogen-bond donors (Lipinski definition) is 0. The third kappa shape index (κ3) is 2.74. The maximum Gasteiger partial charge on any atom is 0.254 e. The number of likely N-dealkylation sites (N-methyl/N-ethyl adjacent to an activating group) is 1. The quantitative estimate of drug-likeness (QED) is 0.827. The molecule has 2 amide bonds. The van der Waals surface area contributed by atoms with E-state index in [1.54, 1.807) is 60.2 Å². The van der Waals surface area contributed by atoms with Crippen molar-refractivity contribution in [3.05, 3.63) is 53.3 Å². The second-order valence-corrected chi connectivity index (χ2v) is 5.89. The first kappa shape index (κ1) is 15.7. The molecule has 1 aliphatic heterocycles. The summed E-state index contributed by atoms with van der Waals surface area (Å²) in [5.41, 5.74) is 1.69. The van der Waals surface area contributed by atoms with Crippen molar-refractivity contribution in [2.45, 2.75) is 12.6 Å². The van der Waals surface area contributed by atoms with Crippen LogP contribution in [-0.4, -0.2) is 52.0 Å². The molecule has 0 radical (unpaired) electrons. The summed E-state index contributed by atoms with van der Waals surface area (Å²) < 4.78 is 1.68. The van der Waals surface area contributed by atoms with Gasteiger partial charge in [-0.3, -0.25) is 14.3 Å². The fourth-order valence-corrected chi connectivity index (χ4v) is 2.83. The molecule has 0 fully saturated rings. The highest BCUT2D eigenvalue weighted by Gasteiger charge is 2.34. The van der Waals surface area contributed by atoms with Crippen LogP contribution in [0.5, 0.6) is 0 Å². The van der Waals surface area contributed by atoms with E-state index in [4.69, 9.17) is 5.26 Å². The van der Waals surface area contributed by atoms with Crippen molar-refractivity contribution in [3.8, 4) is 6.07 Å². The van der Waals surface area contributed by atoms with Crippen LogP contribution < -0.4 is 0 Å². The third-order valence-corrected chi connectivity index (χ3v) is 4.05. The van der Waals surface area contributed by atoms with Gasteiger partial charge in [0, 0.05) is 25.9 Å². The van der Waals surface area contributed by atoms with Gasteiger partial charge in [0.15, 0.2) is 0 Å². The zero-order valence-corrected chi connectivity index (χ0v) is 13.5. The van der Waals surface area contributed by atoms with E-state index in [1.807, 2.05) is 6.07 Å². The van der Waals surface area contributed by atoms with E-state index >= 15 is 0 Å². The minimum absolute atomic E-state index is 0.108. The Morgan fingerprint density at radius 3 is 2.83 bits per heavy atom. The molecule has 2 heterocycles. The topological polar surface area (TPSA) is 82.2 Å². The minimum Gasteiger partial charge on any atom is -0.347 e. The average Bonchev–Trinajstić information content (AvgIpc) is 3.08. The maximum absolute atomic E-state index is 12.8. The Morgan fingerprint density at radius 2 is 2.12 bits per heavy atom. The van der Waals surface area contributed by atoms with Crippen molar-refractivity contribution >= 4 is 11.8 Å². The van der Waals surface area contributed by atoms with E-state index < -0.39 is 6.04 Å². The average molecular weight is 323 g/mol. The summed E-state index contributed by atoms with van der Waals surface area (Å²) in [5.74, 6) is -0.306. The molecule has 1 aromatic heterocycles. The van der Waals surface area contributed by atoms with Gasteiger partial charge in [-0.25, -0.2) is 0 Å². The lowest BCUT2D eigenvalue weighted by Crippen LogP contribution is -2.46. The molecule has 7 nitrogen and oxygen atoms in total. The van der Waals surface area contributed by atoms with Gasteiger partial charge in [-0.1, -0.05) is 6.07 Å². The molecule has 0 aliphatic carbocycles. The molecule has 1 unspecified atom stereocenters. The number of carbonyl (C=O) groups is 2. The minimum atomic E-state index is -0.540. The molecule has 3 rings (SSSR count). The molecule has 0 spiro atoms. The van der Waals surface area contributed by atoms with E-state index in [9.17, 15) is 9.59 Å². The lowest BCUT2D eigenvalue weighted by molar-refractivity contribution is -0.133. The first-order chi connectivity index (χ1) is 11.5. The summed E-state index contributed by atoms with van der Waals surface area (Å²) in [4.78, 5) is 28.4. The first-order valence-corrected chi connectivity index (χ1v) is 7.54. The first-order valence-electron chi connectivity index (χ1n) is 7.54. The molecular weight excluding hydrogens is 306 g/mol. The molecule has 1 atom stereocenters. The normalized spacial score (nSPS) is 16.2. The van der Waals surface area contributed by atoms with Crippen molar-refractivity contribution in [2.75, 3.05) is 20.6 Å². The molecule has 7 heteroatoms. The van der Waals surface area contributed by atoms with Crippen LogP contribution in [0, 0.1) is 11.3 Å². The summed E-state index contributed by atoms with van der Waals surface area (Å²) in [6.45, 7) is 0.633. The standard InChI is InChI=1S/C17H17N5O2/c1-20(2)17(24)15-11-21(10-14-6-7-19-22(14)15)16(23)13-5-3-4-12(8-13)9-18/h3-8,15H,10-11H2,1-2H3. The van der Waals surface area contributed by atoms with E-state index in [0.717, 1.165) is 5.69 Å². The number of benzene rings is 1. The summed E-state index contributed by atoms with van der Waals surface area (Å²) in [6, 6.07) is 9.88. The Morgan fingerprint density at radius 1 is 1.33 bits per heavy atom. The van der Waals surface area contributed by atoms with Gasteiger partial charge < -0.3 is 9.80 Å². The Kier molecular flexibility index (Phi) is 4.04. The fourth-order valence-electron chi connectivity index (χ4n) is 2.83. The van der Waals surface area contributed by atoms with Crippen molar-refractivity contribution in [3.63, 3.8) is 0 Å². The van der Waals surface area contributed by atoms with Gasteiger partial charge in [-0.05, 0) is 24.3 Å². The summed E-state index contributed by atoms with van der Waals surface area (Å²) in [6.07, 6.45) is 1.63. The molecule has 0 N–H and O–H groups in total. The second-order valence-electron chi connectivity index (χ2n) is 5.89. The Bertz CT molecular complexity index is 834. The number of carbonyl (C=O) groups excluding carboxylic acids is 2. The number of fused-ring (bicyclic) bond motifs is 1. The predicted octanol–water partition coefficient (Wildman–Crippen LogP) is 1.04. The van der Waals surface area contributed by atoms with Crippen LogP contribution in [0.2, 0.25) is 0 Å². The van der Waals surface area contributed by atoms with Gasteiger partial charge in [-0.15, -0.1) is 0 Å². The molecule has 122 valence electrons. The smallest absolute Gasteiger partial charge is 0.254 e. The zero-order valence-electron chi connectivity index (χ0n) is 13.5. The Balaban J connectivity index is 1.91. The largest absolute Gasteiger partial charge is 0.347 e. The van der Waals surface area contributed by atoms with E-state index in [0.29, 0.717) is 17.7 Å². The van der Waals surface area contributed by atoms with Crippen LogP contribution in [0.1, 0.15) is 27.7 Å². The van der Waals surface area contributed by atoms with E-state index in [-0.39, 0.29) is 18.4 Å². The molecule has 24 heavy (non-hydrogen) atoms. The number of rotatable bonds is 2. The van der Waals surface area contributed by atoms with Gasteiger partial charge in [-0.2, -0.15) is 10.4 Å². The van der Waals surface area contributed by atoms with Gasteiger partial charge in [0.2, 0.25) is 5.91 Å². The number of nitriles is 1. The second kappa shape index (κ2) is 6.16. The van der Waals surface area contributed by atoms with Crippen molar-refractivity contribution in [1.29, 1.82) is 5.26 Å². The lowest BCUT2D eigenvalue weighted by atomic mass is 10.1. The summed E-state index contributed by atoms with van der Waals surface area (Å²) >= 11 is 0. The molecule has 2 aromatic rings. The zero-order chi connectivity index (χ0) is 17.3. The highest BCUT2D eigenvalue weighted by Crippen LogP contribution is 2.23. The van der Waals surface area contributed by atoms with Crippen molar-refractivity contribution in [1.82, 2.24) is 19.6 Å². The molecule has 1 aromatic carbocycles. The van der Waals surface area contributed by atoms with Gasteiger partial charge >= 0.3 is 0 Å². The fraction of sp³-hybridized carbons (Fsp3) is 0.294. The SMILES string of the molecule is CN(C)C(=O)C1CN(C(=O)c2cccc(C#N)c2)Cc2ccnn21. The molecular formula is C17H17N5O2. The van der Waals surface area contributed by atoms with Crippen LogP contribution in [0.15, 0.2) is 36.5 Å². The maximum atomic E-state index is 12.8.